The van der Waals surface area contributed by atoms with Gasteiger partial charge in [-0.05, 0) is 36.8 Å². The lowest BCUT2D eigenvalue weighted by molar-refractivity contribution is 0.0694. The molecule has 1 aromatic carbocycles. The van der Waals surface area contributed by atoms with E-state index in [9.17, 15) is 14.7 Å². The van der Waals surface area contributed by atoms with Gasteiger partial charge < -0.3 is 23.9 Å². The lowest BCUT2D eigenvalue weighted by Gasteiger charge is -2.36. The highest BCUT2D eigenvalue weighted by atomic mass is 16.5. The van der Waals surface area contributed by atoms with Crippen LogP contribution < -0.4 is 14.9 Å². The molecule has 2 aromatic rings. The maximum atomic E-state index is 12.6. The van der Waals surface area contributed by atoms with Crippen molar-refractivity contribution in [1.82, 2.24) is 4.57 Å². The first-order valence-electron chi connectivity index (χ1n) is 10.9. The molecule has 3 heterocycles. The van der Waals surface area contributed by atoms with Gasteiger partial charge in [-0.1, -0.05) is 13.8 Å². The Balaban J connectivity index is 1.88. The maximum Gasteiger partial charge on any atom is 0.341 e. The van der Waals surface area contributed by atoms with Gasteiger partial charge in [-0.2, -0.15) is 0 Å². The van der Waals surface area contributed by atoms with Crippen LogP contribution in [0.3, 0.4) is 0 Å². The lowest BCUT2D eigenvalue weighted by Crippen LogP contribution is -2.29. The van der Waals surface area contributed by atoms with Crippen LogP contribution in [0.25, 0.3) is 11.3 Å². The minimum Gasteiger partial charge on any atom is -0.490 e. The molecule has 31 heavy (non-hydrogen) atoms. The molecule has 0 aliphatic carbocycles. The Kier molecular flexibility index (Phi) is 6.05. The maximum absolute atomic E-state index is 12.6. The van der Waals surface area contributed by atoms with E-state index in [1.54, 1.807) is 7.11 Å². The number of carboxylic acid groups (broad SMARTS) is 1. The molecular weight excluding hydrogens is 398 g/mol. The van der Waals surface area contributed by atoms with Crippen LogP contribution in [0.5, 0.6) is 11.5 Å². The summed E-state index contributed by atoms with van der Waals surface area (Å²) in [7, 11) is 1.67. The van der Waals surface area contributed by atoms with Crippen LogP contribution in [0, 0.1) is 5.92 Å². The Morgan fingerprint density at radius 2 is 2.13 bits per heavy atom. The number of hydrogen-bond donors (Lipinski definition) is 1. The molecule has 2 aliphatic heterocycles. The van der Waals surface area contributed by atoms with Gasteiger partial charge in [-0.25, -0.2) is 4.79 Å². The molecule has 0 amide bonds. The van der Waals surface area contributed by atoms with Crippen LogP contribution in [0.4, 0.5) is 0 Å². The van der Waals surface area contributed by atoms with Crippen molar-refractivity contribution >= 4 is 5.97 Å². The van der Waals surface area contributed by atoms with Gasteiger partial charge >= 0.3 is 5.97 Å². The number of benzene rings is 1. The van der Waals surface area contributed by atoms with Crippen LogP contribution in [-0.2, 0) is 17.6 Å². The highest BCUT2D eigenvalue weighted by Crippen LogP contribution is 2.47. The Morgan fingerprint density at radius 1 is 1.32 bits per heavy atom. The molecule has 4 rings (SSSR count). The number of nitrogens with zero attached hydrogens (tertiary/aromatic N) is 1. The summed E-state index contributed by atoms with van der Waals surface area (Å²) >= 11 is 0. The van der Waals surface area contributed by atoms with Crippen molar-refractivity contribution < 1.29 is 24.1 Å². The van der Waals surface area contributed by atoms with Crippen molar-refractivity contribution in [3.05, 3.63) is 45.2 Å². The molecule has 1 N–H and O–H groups in total. The number of aromatic nitrogens is 1. The third kappa shape index (κ3) is 3.94. The molecule has 0 spiro atoms. The van der Waals surface area contributed by atoms with E-state index in [0.29, 0.717) is 19.8 Å². The molecule has 0 bridgehead atoms. The molecule has 166 valence electrons. The second kappa shape index (κ2) is 8.75. The molecule has 7 heteroatoms. The SMILES string of the molecule is COCCCOc1cc2c(c3c1OCCC3)-c1cc(=O)c(C(=O)O)cn1C(C(C)C)C2. The fraction of sp³-hybridized carbons (Fsp3) is 0.500. The van der Waals surface area contributed by atoms with Crippen LogP contribution in [0.2, 0.25) is 0 Å². The summed E-state index contributed by atoms with van der Waals surface area (Å²) in [5, 5.41) is 9.48. The summed E-state index contributed by atoms with van der Waals surface area (Å²) in [6.07, 6.45) is 4.75. The van der Waals surface area contributed by atoms with E-state index in [0.717, 1.165) is 59.6 Å². The smallest absolute Gasteiger partial charge is 0.341 e. The van der Waals surface area contributed by atoms with Crippen molar-refractivity contribution in [3.8, 4) is 22.8 Å². The molecule has 1 unspecified atom stereocenters. The summed E-state index contributed by atoms with van der Waals surface area (Å²) in [6.45, 7) is 6.02. The van der Waals surface area contributed by atoms with Crippen LogP contribution >= 0.6 is 0 Å². The summed E-state index contributed by atoms with van der Waals surface area (Å²) in [6, 6.07) is 3.57. The number of carboxylic acids is 1. The van der Waals surface area contributed by atoms with Gasteiger partial charge in [0.15, 0.2) is 16.9 Å². The van der Waals surface area contributed by atoms with E-state index in [4.69, 9.17) is 14.2 Å². The van der Waals surface area contributed by atoms with Crippen molar-refractivity contribution in [2.75, 3.05) is 26.9 Å². The van der Waals surface area contributed by atoms with Crippen LogP contribution in [0.15, 0.2) is 23.1 Å². The van der Waals surface area contributed by atoms with Gasteiger partial charge in [0, 0.05) is 49.6 Å². The highest BCUT2D eigenvalue weighted by molar-refractivity contribution is 5.88. The van der Waals surface area contributed by atoms with Gasteiger partial charge in [0.1, 0.15) is 5.56 Å². The molecule has 1 atom stereocenters. The van der Waals surface area contributed by atoms with Crippen molar-refractivity contribution in [2.45, 2.75) is 45.6 Å². The topological polar surface area (TPSA) is 87.0 Å². The van der Waals surface area contributed by atoms with Crippen molar-refractivity contribution in [2.24, 2.45) is 5.92 Å². The van der Waals surface area contributed by atoms with Gasteiger partial charge in [-0.3, -0.25) is 4.79 Å². The molecule has 0 fully saturated rings. The number of methoxy groups -OCH3 is 1. The van der Waals surface area contributed by atoms with E-state index in [1.807, 2.05) is 10.6 Å². The Bertz CT molecular complexity index is 1060. The Hall–Kier alpha value is -2.80. The molecule has 0 saturated carbocycles. The Labute approximate surface area is 181 Å². The molecule has 2 aliphatic rings. The first-order valence-corrected chi connectivity index (χ1v) is 10.9. The quantitative estimate of drug-likeness (QED) is 0.678. The number of ether oxygens (including phenoxy) is 3. The molecule has 0 radical (unpaired) electrons. The third-order valence-corrected chi connectivity index (χ3v) is 6.12. The predicted molar refractivity (Wildman–Crippen MR) is 116 cm³/mol. The van der Waals surface area contributed by atoms with E-state index < -0.39 is 11.4 Å². The van der Waals surface area contributed by atoms with Gasteiger partial charge in [0.05, 0.1) is 18.9 Å². The van der Waals surface area contributed by atoms with Crippen LogP contribution in [-0.4, -0.2) is 42.6 Å². The highest BCUT2D eigenvalue weighted by Gasteiger charge is 2.33. The van der Waals surface area contributed by atoms with Crippen LogP contribution in [0.1, 0.15) is 54.2 Å². The van der Waals surface area contributed by atoms with E-state index >= 15 is 0 Å². The first-order chi connectivity index (χ1) is 14.9. The van der Waals surface area contributed by atoms with Crippen molar-refractivity contribution in [3.63, 3.8) is 0 Å². The second-order valence-corrected chi connectivity index (χ2v) is 8.53. The standard InChI is InChI=1S/C24H29NO6/c1-14(2)18-10-15-11-21(30-9-5-7-29-3)23-16(6-4-8-31-23)22(15)19-12-20(26)17(24(27)28)13-25(18)19/h11-14,18H,4-10H2,1-3H3,(H,27,28). The van der Waals surface area contributed by atoms with E-state index in [1.165, 1.54) is 12.3 Å². The second-order valence-electron chi connectivity index (χ2n) is 8.53. The minimum atomic E-state index is -1.20. The summed E-state index contributed by atoms with van der Waals surface area (Å²) in [4.78, 5) is 24.2. The molecule has 7 nitrogen and oxygen atoms in total. The number of carbonyl (C=O) groups is 1. The van der Waals surface area contributed by atoms with Crippen molar-refractivity contribution in [1.29, 1.82) is 0 Å². The minimum absolute atomic E-state index is 0.0464. The van der Waals surface area contributed by atoms with Gasteiger partial charge in [-0.15, -0.1) is 0 Å². The zero-order valence-corrected chi connectivity index (χ0v) is 18.3. The van der Waals surface area contributed by atoms with Gasteiger partial charge in [0.2, 0.25) is 0 Å². The average molecular weight is 427 g/mol. The molecule has 0 saturated heterocycles. The lowest BCUT2D eigenvalue weighted by atomic mass is 9.83. The summed E-state index contributed by atoms with van der Waals surface area (Å²) in [5.41, 5.74) is 3.25. The zero-order valence-electron chi connectivity index (χ0n) is 18.3. The normalized spacial score (nSPS) is 16.8. The third-order valence-electron chi connectivity index (χ3n) is 6.12. The number of aromatic carboxylic acids is 1. The monoisotopic (exact) mass is 427 g/mol. The largest absolute Gasteiger partial charge is 0.490 e. The van der Waals surface area contributed by atoms with E-state index in [2.05, 4.69) is 13.8 Å². The first kappa shape index (κ1) is 21.4. The van der Waals surface area contributed by atoms with Gasteiger partial charge in [0.25, 0.3) is 0 Å². The zero-order chi connectivity index (χ0) is 22.1. The number of hydrogen-bond acceptors (Lipinski definition) is 5. The van der Waals surface area contributed by atoms with E-state index in [-0.39, 0.29) is 17.5 Å². The fourth-order valence-electron chi connectivity index (χ4n) is 4.61. The number of rotatable bonds is 7. The summed E-state index contributed by atoms with van der Waals surface area (Å²) in [5.74, 6) is 0.546. The summed E-state index contributed by atoms with van der Waals surface area (Å²) < 4.78 is 19.2. The Morgan fingerprint density at radius 3 is 2.84 bits per heavy atom. The number of fused-ring (bicyclic) bond motifs is 5. The molecule has 1 aromatic heterocycles. The predicted octanol–water partition coefficient (Wildman–Crippen LogP) is 3.71. The average Bonchev–Trinajstić information content (AvgIpc) is 2.75. The molecular formula is C24H29NO6. The fourth-order valence-corrected chi connectivity index (χ4v) is 4.61. The number of pyridine rings is 1.